The normalized spacial score (nSPS) is 11.1. The van der Waals surface area contributed by atoms with Gasteiger partial charge < -0.3 is 14.4 Å². The van der Waals surface area contributed by atoms with Crippen molar-refractivity contribution in [1.82, 2.24) is 15.0 Å². The molecule has 0 aliphatic carbocycles. The van der Waals surface area contributed by atoms with Crippen LogP contribution in [0.15, 0.2) is 102 Å². The average molecular weight is 836 g/mol. The molecule has 50 heavy (non-hydrogen) atoms. The molecule has 0 atom stereocenters. The molecule has 7 aromatic rings. The first-order valence-corrected chi connectivity index (χ1v) is 17.3. The SMILES string of the molecule is Cc1c[c-]c(-c2cc(CC(C)C)c(C)cn2)cc1.Cc1cnc(-c2[c-]c(Cc3ccccc3)c3oc4ccccc4c3n2)cc1CC(C)C.[Ir]. The van der Waals surface area contributed by atoms with Crippen LogP contribution in [0.5, 0.6) is 0 Å². The van der Waals surface area contributed by atoms with Crippen LogP contribution >= 0.6 is 0 Å². The van der Waals surface area contributed by atoms with E-state index in [9.17, 15) is 0 Å². The standard InChI is InChI=1S/C28H25N2O.C17H20N.Ir/c1-18(2)13-21-15-24(29-17-19(21)3)25-16-22(14-20-9-5-4-6-10-20)28-27(30-25)23-11-7-8-12-26(23)31-28;1-12(2)9-16-10-17(18-11-14(16)4)15-7-5-13(3)6-8-15;/h4-12,15,17-18H,13-14H2,1-3H3;5-7,10-12H,9H2,1-4H3;/q2*-1;. The number of aryl methyl sites for hydroxylation is 3. The van der Waals surface area contributed by atoms with Crippen LogP contribution in [0.1, 0.15) is 66.6 Å². The fourth-order valence-electron chi connectivity index (χ4n) is 6.12. The Labute approximate surface area is 310 Å². The minimum absolute atomic E-state index is 0. The second-order valence-electron chi connectivity index (χ2n) is 14.0. The topological polar surface area (TPSA) is 51.8 Å². The predicted molar refractivity (Wildman–Crippen MR) is 203 cm³/mol. The Bertz CT molecular complexity index is 2180. The van der Waals surface area contributed by atoms with Crippen molar-refractivity contribution in [1.29, 1.82) is 0 Å². The third kappa shape index (κ3) is 8.82. The molecular formula is C45H45IrN3O-2. The molecule has 4 aromatic heterocycles. The molecule has 0 unspecified atom stereocenters. The van der Waals surface area contributed by atoms with Gasteiger partial charge in [0.25, 0.3) is 0 Å². The molecule has 0 spiro atoms. The Hall–Kier alpha value is -4.44. The van der Waals surface area contributed by atoms with Crippen molar-refractivity contribution in [2.75, 3.05) is 0 Å². The number of hydrogen-bond donors (Lipinski definition) is 0. The number of aromatic nitrogens is 3. The molecule has 1 radical (unpaired) electrons. The quantitative estimate of drug-likeness (QED) is 0.143. The zero-order valence-corrected chi connectivity index (χ0v) is 32.5. The van der Waals surface area contributed by atoms with Crippen molar-refractivity contribution in [3.63, 3.8) is 0 Å². The Morgan fingerprint density at radius 2 is 1.34 bits per heavy atom. The number of benzene rings is 3. The molecular weight excluding hydrogens is 791 g/mol. The summed E-state index contributed by atoms with van der Waals surface area (Å²) in [5.74, 6) is 1.25. The maximum absolute atomic E-state index is 6.23. The molecule has 5 heteroatoms. The van der Waals surface area contributed by atoms with Gasteiger partial charge in [-0.05, 0) is 84.8 Å². The molecule has 0 N–H and O–H groups in total. The maximum Gasteiger partial charge on any atom is 0.119 e. The fourth-order valence-corrected chi connectivity index (χ4v) is 6.12. The van der Waals surface area contributed by atoms with Gasteiger partial charge in [0.05, 0.1) is 11.1 Å². The molecule has 0 saturated heterocycles. The van der Waals surface area contributed by atoms with Crippen LogP contribution < -0.4 is 0 Å². The first-order chi connectivity index (χ1) is 23.6. The largest absolute Gasteiger partial charge is 0.513 e. The molecule has 0 aliphatic heterocycles. The monoisotopic (exact) mass is 836 g/mol. The van der Waals surface area contributed by atoms with E-state index in [1.54, 1.807) is 0 Å². The van der Waals surface area contributed by atoms with E-state index in [-0.39, 0.29) is 20.1 Å². The molecule has 0 saturated carbocycles. The summed E-state index contributed by atoms with van der Waals surface area (Å²) >= 11 is 0. The Morgan fingerprint density at radius 3 is 1.98 bits per heavy atom. The van der Waals surface area contributed by atoms with Crippen LogP contribution in [0.2, 0.25) is 0 Å². The van der Waals surface area contributed by atoms with Gasteiger partial charge in [0.2, 0.25) is 0 Å². The molecule has 0 fully saturated rings. The summed E-state index contributed by atoms with van der Waals surface area (Å²) in [4.78, 5) is 14.2. The summed E-state index contributed by atoms with van der Waals surface area (Å²) in [7, 11) is 0. The number of nitrogens with zero attached hydrogens (tertiary/aromatic N) is 3. The summed E-state index contributed by atoms with van der Waals surface area (Å²) in [6, 6.07) is 35.9. The second kappa shape index (κ2) is 16.5. The summed E-state index contributed by atoms with van der Waals surface area (Å²) < 4.78 is 6.23. The van der Waals surface area contributed by atoms with Crippen molar-refractivity contribution in [2.45, 2.75) is 67.7 Å². The van der Waals surface area contributed by atoms with Gasteiger partial charge in [0.1, 0.15) is 5.58 Å². The van der Waals surface area contributed by atoms with Gasteiger partial charge in [-0.2, -0.15) is 0 Å². The molecule has 4 nitrogen and oxygen atoms in total. The van der Waals surface area contributed by atoms with E-state index in [1.807, 2.05) is 42.7 Å². The Kier molecular flexibility index (Phi) is 12.2. The van der Waals surface area contributed by atoms with E-state index < -0.39 is 0 Å². The van der Waals surface area contributed by atoms with Crippen molar-refractivity contribution in [3.05, 3.63) is 148 Å². The summed E-state index contributed by atoms with van der Waals surface area (Å²) in [5.41, 5.74) is 14.9. The van der Waals surface area contributed by atoms with E-state index in [2.05, 4.69) is 120 Å². The third-order valence-corrected chi connectivity index (χ3v) is 8.73. The van der Waals surface area contributed by atoms with Gasteiger partial charge in [-0.15, -0.1) is 47.0 Å². The molecule has 0 bridgehead atoms. The van der Waals surface area contributed by atoms with Gasteiger partial charge in [-0.1, -0.05) is 106 Å². The van der Waals surface area contributed by atoms with E-state index in [0.717, 1.165) is 69.5 Å². The molecule has 7 rings (SSSR count). The number of para-hydroxylation sites is 1. The molecule has 0 amide bonds. The zero-order chi connectivity index (χ0) is 34.5. The van der Waals surface area contributed by atoms with Crippen molar-refractivity contribution in [2.24, 2.45) is 11.8 Å². The Morgan fingerprint density at radius 1 is 0.720 bits per heavy atom. The van der Waals surface area contributed by atoms with Crippen LogP contribution in [-0.4, -0.2) is 15.0 Å². The minimum Gasteiger partial charge on any atom is -0.513 e. The first kappa shape index (κ1) is 36.8. The van der Waals surface area contributed by atoms with E-state index in [1.165, 1.54) is 33.4 Å². The van der Waals surface area contributed by atoms with Crippen molar-refractivity contribution >= 4 is 22.1 Å². The third-order valence-electron chi connectivity index (χ3n) is 8.73. The molecule has 3 aromatic carbocycles. The van der Waals surface area contributed by atoms with Gasteiger partial charge in [0.15, 0.2) is 0 Å². The van der Waals surface area contributed by atoms with Gasteiger partial charge in [-0.25, -0.2) is 0 Å². The Balaban J connectivity index is 0.000000219. The number of furan rings is 1. The maximum atomic E-state index is 6.23. The molecule has 4 heterocycles. The smallest absolute Gasteiger partial charge is 0.119 e. The van der Waals surface area contributed by atoms with Gasteiger partial charge in [-0.3, -0.25) is 4.98 Å². The molecule has 0 aliphatic rings. The van der Waals surface area contributed by atoms with Crippen molar-refractivity contribution in [3.8, 4) is 22.6 Å². The summed E-state index contributed by atoms with van der Waals surface area (Å²) in [6.07, 6.45) is 6.79. The van der Waals surface area contributed by atoms with Crippen LogP contribution in [0.25, 0.3) is 44.7 Å². The average Bonchev–Trinajstić information content (AvgIpc) is 3.47. The van der Waals surface area contributed by atoms with Gasteiger partial charge >= 0.3 is 0 Å². The number of fused-ring (bicyclic) bond motifs is 3. The molecule has 257 valence electrons. The second-order valence-corrected chi connectivity index (χ2v) is 14.0. The first-order valence-electron chi connectivity index (χ1n) is 17.3. The zero-order valence-electron chi connectivity index (χ0n) is 30.1. The fraction of sp³-hybridized carbons (Fsp3) is 0.267. The predicted octanol–water partition coefficient (Wildman–Crippen LogP) is 11.3. The van der Waals surface area contributed by atoms with Crippen LogP contribution in [0.4, 0.5) is 0 Å². The van der Waals surface area contributed by atoms with Gasteiger partial charge in [0, 0.05) is 37.9 Å². The number of pyridine rings is 3. The van der Waals surface area contributed by atoms with E-state index in [4.69, 9.17) is 14.4 Å². The van der Waals surface area contributed by atoms with E-state index >= 15 is 0 Å². The van der Waals surface area contributed by atoms with Crippen LogP contribution in [-0.2, 0) is 39.4 Å². The summed E-state index contributed by atoms with van der Waals surface area (Å²) in [6.45, 7) is 15.3. The van der Waals surface area contributed by atoms with Crippen LogP contribution in [0.3, 0.4) is 0 Å². The van der Waals surface area contributed by atoms with E-state index in [0.29, 0.717) is 11.8 Å². The number of hydrogen-bond acceptors (Lipinski definition) is 4. The number of rotatable bonds is 8. The van der Waals surface area contributed by atoms with Crippen molar-refractivity contribution < 1.29 is 24.5 Å². The van der Waals surface area contributed by atoms with Crippen LogP contribution in [0, 0.1) is 44.7 Å². The minimum atomic E-state index is 0. The summed E-state index contributed by atoms with van der Waals surface area (Å²) in [5, 5.41) is 1.02.